The molecule has 0 heterocycles. The topological polar surface area (TPSA) is 23.5 Å². The Kier molecular flexibility index (Phi) is 3.30. The van der Waals surface area contributed by atoms with Crippen molar-refractivity contribution in [3.8, 4) is 16.9 Å². The van der Waals surface area contributed by atoms with Gasteiger partial charge in [0.1, 0.15) is 5.75 Å². The maximum atomic E-state index is 9.55. The van der Waals surface area contributed by atoms with E-state index in [1.165, 1.54) is 22.4 Å². The zero-order chi connectivity index (χ0) is 15.0. The number of phenols is 1. The lowest BCUT2D eigenvalue weighted by molar-refractivity contribution is 0.476. The van der Waals surface area contributed by atoms with Gasteiger partial charge in [-0.3, -0.25) is 0 Å². The molecular weight excluding hydrogens is 258 g/mol. The van der Waals surface area contributed by atoms with Crippen molar-refractivity contribution < 1.29 is 5.11 Å². The van der Waals surface area contributed by atoms with Gasteiger partial charge < -0.3 is 10.0 Å². The number of nitrogens with zero attached hydrogens (tertiary/aromatic N) is 1. The van der Waals surface area contributed by atoms with Crippen LogP contribution in [-0.4, -0.2) is 19.2 Å². The number of rotatable bonds is 2. The van der Waals surface area contributed by atoms with E-state index in [-0.39, 0.29) is 0 Å². The lowest BCUT2D eigenvalue weighted by Crippen LogP contribution is -2.08. The third kappa shape index (κ3) is 2.57. The molecule has 0 aliphatic carbocycles. The van der Waals surface area contributed by atoms with Gasteiger partial charge in [-0.05, 0) is 64.7 Å². The molecule has 0 aromatic heterocycles. The molecule has 0 radical (unpaired) electrons. The minimum Gasteiger partial charge on any atom is -0.508 e. The summed E-state index contributed by atoms with van der Waals surface area (Å²) >= 11 is 0. The normalized spacial score (nSPS) is 10.8. The van der Waals surface area contributed by atoms with Crippen LogP contribution in [-0.2, 0) is 0 Å². The van der Waals surface area contributed by atoms with Crippen molar-refractivity contribution in [3.05, 3.63) is 60.2 Å². The molecular formula is C19H19NO. The largest absolute Gasteiger partial charge is 0.508 e. The molecule has 0 aliphatic rings. The van der Waals surface area contributed by atoms with Crippen molar-refractivity contribution in [2.24, 2.45) is 0 Å². The minimum atomic E-state index is 0.307. The van der Waals surface area contributed by atoms with Crippen LogP contribution in [0.3, 0.4) is 0 Å². The Labute approximate surface area is 125 Å². The molecule has 0 saturated heterocycles. The molecule has 106 valence electrons. The van der Waals surface area contributed by atoms with Crippen LogP contribution in [0.15, 0.2) is 54.6 Å². The van der Waals surface area contributed by atoms with Crippen LogP contribution in [0.5, 0.6) is 5.75 Å². The van der Waals surface area contributed by atoms with Gasteiger partial charge in [0.25, 0.3) is 0 Å². The number of aromatic hydroxyl groups is 1. The highest BCUT2D eigenvalue weighted by molar-refractivity contribution is 5.89. The second-order valence-corrected chi connectivity index (χ2v) is 5.64. The molecule has 0 spiro atoms. The third-order valence-electron chi connectivity index (χ3n) is 3.87. The fourth-order valence-corrected chi connectivity index (χ4v) is 2.60. The quantitative estimate of drug-likeness (QED) is 0.740. The number of anilines is 1. The first kappa shape index (κ1) is 13.5. The van der Waals surface area contributed by atoms with E-state index >= 15 is 0 Å². The van der Waals surface area contributed by atoms with Gasteiger partial charge in [-0.15, -0.1) is 0 Å². The predicted molar refractivity (Wildman–Crippen MR) is 90.1 cm³/mol. The van der Waals surface area contributed by atoms with E-state index < -0.39 is 0 Å². The molecule has 0 atom stereocenters. The molecule has 0 aliphatic heterocycles. The van der Waals surface area contributed by atoms with Crippen LogP contribution in [0, 0.1) is 6.92 Å². The van der Waals surface area contributed by atoms with Crippen LogP contribution in [0.4, 0.5) is 5.69 Å². The molecule has 3 aromatic carbocycles. The van der Waals surface area contributed by atoms with E-state index in [4.69, 9.17) is 0 Å². The molecule has 0 saturated carbocycles. The van der Waals surface area contributed by atoms with Gasteiger partial charge in [0.2, 0.25) is 0 Å². The van der Waals surface area contributed by atoms with Gasteiger partial charge in [-0.25, -0.2) is 0 Å². The Morgan fingerprint density at radius 1 is 0.810 bits per heavy atom. The van der Waals surface area contributed by atoms with Crippen LogP contribution in [0.2, 0.25) is 0 Å². The van der Waals surface area contributed by atoms with E-state index in [1.807, 2.05) is 6.07 Å². The molecule has 21 heavy (non-hydrogen) atoms. The number of phenolic OH excluding ortho intramolecular Hbond substituents is 1. The van der Waals surface area contributed by atoms with Crippen LogP contribution < -0.4 is 4.90 Å². The lowest BCUT2D eigenvalue weighted by Gasteiger charge is -2.16. The lowest BCUT2D eigenvalue weighted by atomic mass is 9.97. The number of benzene rings is 3. The zero-order valence-electron chi connectivity index (χ0n) is 12.6. The van der Waals surface area contributed by atoms with Crippen LogP contribution in [0.1, 0.15) is 5.56 Å². The van der Waals surface area contributed by atoms with Gasteiger partial charge >= 0.3 is 0 Å². The smallest absolute Gasteiger partial charge is 0.116 e. The van der Waals surface area contributed by atoms with Crippen molar-refractivity contribution in [1.29, 1.82) is 0 Å². The molecule has 1 N–H and O–H groups in total. The molecule has 2 nitrogen and oxygen atoms in total. The molecule has 2 heteroatoms. The highest BCUT2D eigenvalue weighted by atomic mass is 16.3. The predicted octanol–water partition coefficient (Wildman–Crippen LogP) is 4.59. The first-order valence-electron chi connectivity index (χ1n) is 7.06. The summed E-state index contributed by atoms with van der Waals surface area (Å²) < 4.78 is 0. The Balaban J connectivity index is 2.16. The summed E-state index contributed by atoms with van der Waals surface area (Å²) in [5, 5.41) is 11.7. The van der Waals surface area contributed by atoms with Crippen molar-refractivity contribution >= 4 is 16.5 Å². The number of aryl methyl sites for hydroxylation is 1. The standard InChI is InChI=1S/C19H19NO/c1-13-4-8-17(20(2)3)12-19(13)16-6-5-15-11-18(21)9-7-14(15)10-16/h4-12,21H,1-3H3. The Morgan fingerprint density at radius 2 is 1.52 bits per heavy atom. The first-order valence-corrected chi connectivity index (χ1v) is 7.06. The van der Waals surface area contributed by atoms with E-state index in [9.17, 15) is 5.11 Å². The van der Waals surface area contributed by atoms with Crippen molar-refractivity contribution in [1.82, 2.24) is 0 Å². The summed E-state index contributed by atoms with van der Waals surface area (Å²) in [4.78, 5) is 2.11. The summed E-state index contributed by atoms with van der Waals surface area (Å²) in [6.45, 7) is 2.13. The van der Waals surface area contributed by atoms with Crippen LogP contribution in [0.25, 0.3) is 21.9 Å². The number of hydrogen-bond acceptors (Lipinski definition) is 2. The average Bonchev–Trinajstić information content (AvgIpc) is 2.47. The SMILES string of the molecule is Cc1ccc(N(C)C)cc1-c1ccc2cc(O)ccc2c1. The van der Waals surface area contributed by atoms with E-state index in [1.54, 1.807) is 12.1 Å². The van der Waals surface area contributed by atoms with Gasteiger partial charge in [0, 0.05) is 19.8 Å². The average molecular weight is 277 g/mol. The maximum Gasteiger partial charge on any atom is 0.116 e. The fraction of sp³-hybridized carbons (Fsp3) is 0.158. The van der Waals surface area contributed by atoms with Crippen molar-refractivity contribution in [2.75, 3.05) is 19.0 Å². The summed E-state index contributed by atoms with van der Waals surface area (Å²) in [5.41, 5.74) is 4.91. The van der Waals surface area contributed by atoms with Gasteiger partial charge in [0.15, 0.2) is 0 Å². The fourth-order valence-electron chi connectivity index (χ4n) is 2.60. The molecule has 0 bridgehead atoms. The summed E-state index contributed by atoms with van der Waals surface area (Å²) in [7, 11) is 4.11. The second-order valence-electron chi connectivity index (χ2n) is 5.64. The highest BCUT2D eigenvalue weighted by Crippen LogP contribution is 2.31. The van der Waals surface area contributed by atoms with Gasteiger partial charge in [-0.1, -0.05) is 24.3 Å². The van der Waals surface area contributed by atoms with E-state index in [0.717, 1.165) is 10.8 Å². The second kappa shape index (κ2) is 5.13. The maximum absolute atomic E-state index is 9.55. The third-order valence-corrected chi connectivity index (χ3v) is 3.87. The van der Waals surface area contributed by atoms with Crippen molar-refractivity contribution in [3.63, 3.8) is 0 Å². The Hall–Kier alpha value is -2.48. The molecule has 3 rings (SSSR count). The first-order chi connectivity index (χ1) is 10.0. The zero-order valence-corrected chi connectivity index (χ0v) is 12.6. The number of fused-ring (bicyclic) bond motifs is 1. The molecule has 0 amide bonds. The van der Waals surface area contributed by atoms with E-state index in [0.29, 0.717) is 5.75 Å². The van der Waals surface area contributed by atoms with Gasteiger partial charge in [0.05, 0.1) is 0 Å². The number of hydrogen-bond donors (Lipinski definition) is 1. The van der Waals surface area contributed by atoms with Crippen molar-refractivity contribution in [2.45, 2.75) is 6.92 Å². The van der Waals surface area contributed by atoms with E-state index in [2.05, 4.69) is 62.3 Å². The molecule has 0 unspecified atom stereocenters. The highest BCUT2D eigenvalue weighted by Gasteiger charge is 2.06. The minimum absolute atomic E-state index is 0.307. The Bertz CT molecular complexity index is 806. The summed E-state index contributed by atoms with van der Waals surface area (Å²) in [6, 6.07) is 18.4. The van der Waals surface area contributed by atoms with Gasteiger partial charge in [-0.2, -0.15) is 0 Å². The summed E-state index contributed by atoms with van der Waals surface area (Å²) in [6.07, 6.45) is 0. The molecule has 0 fully saturated rings. The summed E-state index contributed by atoms with van der Waals surface area (Å²) in [5.74, 6) is 0.307. The molecule has 3 aromatic rings. The van der Waals surface area contributed by atoms with Crippen LogP contribution >= 0.6 is 0 Å². The Morgan fingerprint density at radius 3 is 2.29 bits per heavy atom. The monoisotopic (exact) mass is 277 g/mol.